The zero-order valence-corrected chi connectivity index (χ0v) is 16.3. The smallest absolute Gasteiger partial charge is 0.322 e. The van der Waals surface area contributed by atoms with Gasteiger partial charge in [-0.25, -0.2) is 4.79 Å². The van der Waals surface area contributed by atoms with Crippen molar-refractivity contribution in [3.05, 3.63) is 0 Å². The molecule has 2 saturated heterocycles. The molecule has 7 heteroatoms. The van der Waals surface area contributed by atoms with Crippen molar-refractivity contribution in [3.63, 3.8) is 0 Å². The van der Waals surface area contributed by atoms with Gasteiger partial charge in [-0.2, -0.15) is 0 Å². The molecule has 2 aliphatic heterocycles. The van der Waals surface area contributed by atoms with E-state index in [0.717, 1.165) is 50.3 Å². The summed E-state index contributed by atoms with van der Waals surface area (Å²) in [4.78, 5) is 30.4. The first-order chi connectivity index (χ1) is 12.4. The highest BCUT2D eigenvalue weighted by atomic mass is 16.2. The van der Waals surface area contributed by atoms with E-state index in [4.69, 9.17) is 0 Å². The Balaban J connectivity index is 1.48. The van der Waals surface area contributed by atoms with Gasteiger partial charge in [-0.3, -0.25) is 15.1 Å². The minimum atomic E-state index is -0.779. The Kier molecular flexibility index (Phi) is 5.73. The van der Waals surface area contributed by atoms with Crippen molar-refractivity contribution in [2.75, 3.05) is 26.7 Å². The second-order valence-electron chi connectivity index (χ2n) is 8.43. The van der Waals surface area contributed by atoms with Crippen LogP contribution in [0.3, 0.4) is 0 Å². The number of carbonyl (C=O) groups is 2. The van der Waals surface area contributed by atoms with Crippen LogP contribution in [0.1, 0.15) is 52.4 Å². The van der Waals surface area contributed by atoms with Gasteiger partial charge >= 0.3 is 6.03 Å². The topological polar surface area (TPSA) is 85.8 Å². The lowest BCUT2D eigenvalue weighted by Gasteiger charge is -2.40. The molecule has 0 spiro atoms. The summed E-state index contributed by atoms with van der Waals surface area (Å²) >= 11 is 0. The predicted octanol–water partition coefficient (Wildman–Crippen LogP) is 1.70. The largest absolute Gasteiger partial charge is 0.356 e. The third-order valence-electron chi connectivity index (χ3n) is 6.58. The number of rotatable bonds is 3. The standard InChI is InChI=1S/C19H33N5O2/c1-13-4-6-14(7-5-13)12-21-17(20-3)24-10-8-15(9-11-24)19(2)16(25)22-18(26)23-19/h13-15H,4-12H2,1-3H3,(H,20,21)(H2,22,23,25,26). The average Bonchev–Trinajstić information content (AvgIpc) is 2.90. The number of aliphatic imine (C=N–C) groups is 1. The lowest BCUT2D eigenvalue weighted by Crippen LogP contribution is -2.55. The van der Waals surface area contributed by atoms with E-state index in [1.165, 1.54) is 25.7 Å². The number of hydrogen-bond donors (Lipinski definition) is 3. The van der Waals surface area contributed by atoms with E-state index in [1.807, 2.05) is 14.0 Å². The molecule has 3 N–H and O–H groups in total. The van der Waals surface area contributed by atoms with E-state index >= 15 is 0 Å². The number of nitrogens with one attached hydrogen (secondary N) is 3. The molecule has 1 unspecified atom stereocenters. The zero-order chi connectivity index (χ0) is 18.7. The van der Waals surface area contributed by atoms with Crippen molar-refractivity contribution in [3.8, 4) is 0 Å². The highest BCUT2D eigenvalue weighted by Crippen LogP contribution is 2.31. The quantitative estimate of drug-likeness (QED) is 0.405. The maximum absolute atomic E-state index is 12.1. The van der Waals surface area contributed by atoms with Gasteiger partial charge in [0.15, 0.2) is 5.96 Å². The highest BCUT2D eigenvalue weighted by molar-refractivity contribution is 6.07. The Morgan fingerprint density at radius 1 is 1.19 bits per heavy atom. The van der Waals surface area contributed by atoms with Crippen LogP contribution < -0.4 is 16.0 Å². The van der Waals surface area contributed by atoms with Crippen LogP contribution in [0.15, 0.2) is 4.99 Å². The Hall–Kier alpha value is -1.79. The third-order valence-corrected chi connectivity index (χ3v) is 6.58. The summed E-state index contributed by atoms with van der Waals surface area (Å²) in [6.45, 7) is 6.88. The Morgan fingerprint density at radius 3 is 2.38 bits per heavy atom. The second kappa shape index (κ2) is 7.84. The van der Waals surface area contributed by atoms with Crippen LogP contribution in [0.2, 0.25) is 0 Å². The molecular weight excluding hydrogens is 330 g/mol. The molecule has 3 rings (SSSR count). The summed E-state index contributed by atoms with van der Waals surface area (Å²) in [5.41, 5.74) is -0.779. The van der Waals surface area contributed by atoms with Gasteiger partial charge in [-0.05, 0) is 50.4 Å². The molecule has 0 bridgehead atoms. The van der Waals surface area contributed by atoms with Gasteiger partial charge in [0.1, 0.15) is 5.54 Å². The summed E-state index contributed by atoms with van der Waals surface area (Å²) in [6, 6.07) is -0.376. The minimum Gasteiger partial charge on any atom is -0.356 e. The van der Waals surface area contributed by atoms with Crippen molar-refractivity contribution in [1.82, 2.24) is 20.9 Å². The van der Waals surface area contributed by atoms with Crippen LogP contribution in [-0.4, -0.2) is 55.0 Å². The number of amides is 3. The predicted molar refractivity (Wildman–Crippen MR) is 102 cm³/mol. The Morgan fingerprint density at radius 2 is 1.85 bits per heavy atom. The molecular formula is C19H33N5O2. The van der Waals surface area contributed by atoms with Gasteiger partial charge in [0, 0.05) is 26.7 Å². The average molecular weight is 364 g/mol. The number of piperidine rings is 1. The Labute approximate surface area is 156 Å². The number of guanidine groups is 1. The molecule has 1 atom stereocenters. The van der Waals surface area contributed by atoms with Gasteiger partial charge in [-0.15, -0.1) is 0 Å². The molecule has 26 heavy (non-hydrogen) atoms. The van der Waals surface area contributed by atoms with E-state index in [9.17, 15) is 9.59 Å². The molecule has 146 valence electrons. The lowest BCUT2D eigenvalue weighted by atomic mass is 9.79. The molecule has 0 aromatic carbocycles. The summed E-state index contributed by atoms with van der Waals surface area (Å²) in [5.74, 6) is 2.54. The van der Waals surface area contributed by atoms with E-state index in [-0.39, 0.29) is 17.9 Å². The van der Waals surface area contributed by atoms with Crippen LogP contribution in [0.4, 0.5) is 4.79 Å². The number of urea groups is 1. The second-order valence-corrected chi connectivity index (χ2v) is 8.43. The normalized spacial score (nSPS) is 33.8. The summed E-state index contributed by atoms with van der Waals surface area (Å²) in [6.07, 6.45) is 7.02. The number of imide groups is 1. The van der Waals surface area contributed by atoms with Gasteiger partial charge in [-0.1, -0.05) is 19.8 Å². The molecule has 3 amide bonds. The fourth-order valence-corrected chi connectivity index (χ4v) is 4.61. The van der Waals surface area contributed by atoms with E-state index < -0.39 is 5.54 Å². The number of likely N-dealkylation sites (tertiary alicyclic amines) is 1. The van der Waals surface area contributed by atoms with Gasteiger partial charge < -0.3 is 15.5 Å². The summed E-state index contributed by atoms with van der Waals surface area (Å²) < 4.78 is 0. The van der Waals surface area contributed by atoms with Crippen LogP contribution in [0.25, 0.3) is 0 Å². The van der Waals surface area contributed by atoms with Crippen molar-refractivity contribution in [2.24, 2.45) is 22.7 Å². The van der Waals surface area contributed by atoms with Gasteiger partial charge in [0.25, 0.3) is 5.91 Å². The molecule has 3 fully saturated rings. The monoisotopic (exact) mass is 363 g/mol. The number of carbonyl (C=O) groups excluding carboxylic acids is 2. The first-order valence-electron chi connectivity index (χ1n) is 10.0. The summed E-state index contributed by atoms with van der Waals surface area (Å²) in [5, 5.41) is 8.75. The van der Waals surface area contributed by atoms with Crippen molar-refractivity contribution in [1.29, 1.82) is 0 Å². The number of nitrogens with zero attached hydrogens (tertiary/aromatic N) is 2. The van der Waals surface area contributed by atoms with Crippen LogP contribution in [-0.2, 0) is 4.79 Å². The SMILES string of the molecule is CN=C(NCC1CCC(C)CC1)N1CCC(C2(C)NC(=O)NC2=O)CC1. The molecule has 0 radical (unpaired) electrons. The molecule has 1 saturated carbocycles. The van der Waals surface area contributed by atoms with Crippen LogP contribution >= 0.6 is 0 Å². The maximum Gasteiger partial charge on any atom is 0.322 e. The number of hydrogen-bond acceptors (Lipinski definition) is 3. The van der Waals surface area contributed by atoms with Gasteiger partial charge in [0.05, 0.1) is 0 Å². The van der Waals surface area contributed by atoms with Crippen molar-refractivity contribution >= 4 is 17.9 Å². The summed E-state index contributed by atoms with van der Waals surface area (Å²) in [7, 11) is 1.84. The minimum absolute atomic E-state index is 0.156. The Bertz CT molecular complexity index is 562. The van der Waals surface area contributed by atoms with Crippen molar-refractivity contribution in [2.45, 2.75) is 57.9 Å². The molecule has 0 aromatic rings. The van der Waals surface area contributed by atoms with Crippen LogP contribution in [0, 0.1) is 17.8 Å². The fourth-order valence-electron chi connectivity index (χ4n) is 4.61. The third kappa shape index (κ3) is 3.96. The van der Waals surface area contributed by atoms with E-state index in [0.29, 0.717) is 0 Å². The van der Waals surface area contributed by atoms with E-state index in [1.54, 1.807) is 0 Å². The molecule has 1 aliphatic carbocycles. The molecule has 3 aliphatic rings. The molecule has 2 heterocycles. The van der Waals surface area contributed by atoms with Crippen LogP contribution in [0.5, 0.6) is 0 Å². The van der Waals surface area contributed by atoms with Gasteiger partial charge in [0.2, 0.25) is 0 Å². The van der Waals surface area contributed by atoms with E-state index in [2.05, 4.69) is 32.8 Å². The first-order valence-corrected chi connectivity index (χ1v) is 10.0. The molecule has 0 aromatic heterocycles. The first kappa shape index (κ1) is 19.0. The molecule has 7 nitrogen and oxygen atoms in total. The lowest BCUT2D eigenvalue weighted by molar-refractivity contribution is -0.125. The maximum atomic E-state index is 12.1. The van der Waals surface area contributed by atoms with Crippen molar-refractivity contribution < 1.29 is 9.59 Å². The highest BCUT2D eigenvalue weighted by Gasteiger charge is 2.48. The fraction of sp³-hybridized carbons (Fsp3) is 0.842. The zero-order valence-electron chi connectivity index (χ0n) is 16.3.